The Hall–Kier alpha value is -4.54. The second-order valence-electron chi connectivity index (χ2n) is 9.84. The lowest BCUT2D eigenvalue weighted by atomic mass is 10.1. The molecule has 16 nitrogen and oxygen atoms in total. The fraction of sp³-hybridized carbons (Fsp3) is 0.417. The molecule has 4 atom stereocenters. The smallest absolute Gasteiger partial charge is 0.252 e. The van der Waals surface area contributed by atoms with Crippen molar-refractivity contribution < 1.29 is 24.2 Å². The lowest BCUT2D eigenvalue weighted by molar-refractivity contribution is -0.197. The van der Waals surface area contributed by atoms with Gasteiger partial charge in [0.05, 0.1) is 36.2 Å². The van der Waals surface area contributed by atoms with Crippen molar-refractivity contribution in [3.05, 3.63) is 54.1 Å². The molecular formula is C24H27N11O5. The van der Waals surface area contributed by atoms with Gasteiger partial charge in [0.2, 0.25) is 0 Å². The Morgan fingerprint density at radius 3 is 2.92 bits per heavy atom. The maximum Gasteiger partial charge on any atom is 0.252 e. The number of imidazole rings is 1. The van der Waals surface area contributed by atoms with Crippen molar-refractivity contribution >= 4 is 29.1 Å². The molecular weight excluding hydrogens is 522 g/mol. The van der Waals surface area contributed by atoms with Gasteiger partial charge >= 0.3 is 0 Å². The van der Waals surface area contributed by atoms with Gasteiger partial charge in [-0.05, 0) is 26.0 Å². The van der Waals surface area contributed by atoms with Crippen LogP contribution < -0.4 is 11.1 Å². The van der Waals surface area contributed by atoms with E-state index in [1.165, 1.54) is 12.5 Å². The van der Waals surface area contributed by atoms with Crippen LogP contribution in [0.2, 0.25) is 0 Å². The van der Waals surface area contributed by atoms with Crippen LogP contribution in [-0.2, 0) is 32.0 Å². The molecule has 2 aliphatic rings. The van der Waals surface area contributed by atoms with Gasteiger partial charge in [0.15, 0.2) is 29.6 Å². The van der Waals surface area contributed by atoms with Gasteiger partial charge in [-0.1, -0.05) is 16.4 Å². The number of fused-ring (bicyclic) bond motifs is 2. The number of nitrogen functional groups attached to an aromatic ring is 1. The molecule has 0 unspecified atom stereocenters. The predicted octanol–water partition coefficient (Wildman–Crippen LogP) is 0.0278. The van der Waals surface area contributed by atoms with E-state index in [4.69, 9.17) is 25.2 Å². The van der Waals surface area contributed by atoms with E-state index in [0.717, 1.165) is 5.69 Å². The molecule has 0 spiro atoms. The lowest BCUT2D eigenvalue weighted by Gasteiger charge is -2.24. The maximum atomic E-state index is 13.2. The highest BCUT2D eigenvalue weighted by atomic mass is 16.8. The molecule has 2 saturated heterocycles. The van der Waals surface area contributed by atoms with Crippen LogP contribution in [-0.4, -0.2) is 87.5 Å². The van der Waals surface area contributed by atoms with Crippen molar-refractivity contribution in [1.82, 2.24) is 44.8 Å². The van der Waals surface area contributed by atoms with Crippen molar-refractivity contribution in [3.63, 3.8) is 0 Å². The third-order valence-corrected chi connectivity index (χ3v) is 6.56. The minimum Gasteiger partial charge on any atom is -0.411 e. The summed E-state index contributed by atoms with van der Waals surface area (Å²) in [5.41, 5.74) is 8.79. The number of nitrogens with one attached hydrogen (secondary N) is 1. The van der Waals surface area contributed by atoms with Gasteiger partial charge in [-0.3, -0.25) is 9.36 Å². The van der Waals surface area contributed by atoms with Crippen LogP contribution in [0.4, 0.5) is 5.82 Å². The highest BCUT2D eigenvalue weighted by Crippen LogP contribution is 2.43. The van der Waals surface area contributed by atoms with Crippen LogP contribution in [0.3, 0.4) is 0 Å². The molecule has 6 rings (SSSR count). The number of anilines is 1. The number of ether oxygens (including phenoxy) is 3. The quantitative estimate of drug-likeness (QED) is 0.151. The van der Waals surface area contributed by atoms with Crippen molar-refractivity contribution in [2.45, 2.75) is 57.1 Å². The van der Waals surface area contributed by atoms with Crippen LogP contribution in [0, 0.1) is 0 Å². The van der Waals surface area contributed by atoms with E-state index >= 15 is 0 Å². The first-order valence-corrected chi connectivity index (χ1v) is 12.6. The number of nitrogens with zero attached hydrogens (tertiary/aromatic N) is 9. The van der Waals surface area contributed by atoms with Gasteiger partial charge in [0.1, 0.15) is 24.1 Å². The molecule has 4 aromatic heterocycles. The number of aromatic nitrogens is 8. The largest absolute Gasteiger partial charge is 0.411 e. The van der Waals surface area contributed by atoms with E-state index in [0.29, 0.717) is 42.1 Å². The maximum absolute atomic E-state index is 13.2. The number of carbonyl (C=O) groups excluding carboxylic acids is 1. The SMILES string of the molecule is CC1(C)O[C@@H]2[C@H](O1)[C@@H](C(=O)NCCc1cn(Cc3cccc(C=NO)n3)nn1)O[C@H]2n1cnc2c(N)ncnc21. The van der Waals surface area contributed by atoms with E-state index in [1.54, 1.807) is 41.7 Å². The van der Waals surface area contributed by atoms with E-state index < -0.39 is 30.3 Å². The van der Waals surface area contributed by atoms with Crippen molar-refractivity contribution in [3.8, 4) is 0 Å². The molecule has 6 heterocycles. The summed E-state index contributed by atoms with van der Waals surface area (Å²) in [6.07, 6.45) is 3.52. The Bertz CT molecular complexity index is 1570. The fourth-order valence-corrected chi connectivity index (χ4v) is 4.90. The molecule has 0 aliphatic carbocycles. The average molecular weight is 550 g/mol. The number of nitrogens with two attached hydrogens (primary N) is 1. The van der Waals surface area contributed by atoms with E-state index in [9.17, 15) is 4.79 Å². The summed E-state index contributed by atoms with van der Waals surface area (Å²) in [5.74, 6) is -0.997. The molecule has 208 valence electrons. The Morgan fingerprint density at radius 1 is 1.23 bits per heavy atom. The van der Waals surface area contributed by atoms with Gasteiger partial charge in [-0.15, -0.1) is 5.10 Å². The van der Waals surface area contributed by atoms with Crippen LogP contribution in [0.15, 0.2) is 42.2 Å². The third-order valence-electron chi connectivity index (χ3n) is 6.56. The number of carbonyl (C=O) groups is 1. The first-order valence-electron chi connectivity index (χ1n) is 12.6. The van der Waals surface area contributed by atoms with Crippen LogP contribution in [0.5, 0.6) is 0 Å². The Morgan fingerprint density at radius 2 is 2.08 bits per heavy atom. The first kappa shape index (κ1) is 25.7. The average Bonchev–Trinajstić information content (AvgIpc) is 3.68. The monoisotopic (exact) mass is 549 g/mol. The highest BCUT2D eigenvalue weighted by Gasteiger charge is 2.58. The van der Waals surface area contributed by atoms with Gasteiger partial charge in [-0.2, -0.15) is 0 Å². The number of hydrogen-bond donors (Lipinski definition) is 3. The van der Waals surface area contributed by atoms with Crippen molar-refractivity contribution in [2.75, 3.05) is 12.3 Å². The third kappa shape index (κ3) is 4.94. The molecule has 0 bridgehead atoms. The van der Waals surface area contributed by atoms with Crippen LogP contribution in [0.25, 0.3) is 11.2 Å². The first-order chi connectivity index (χ1) is 19.3. The molecule has 4 aromatic rings. The van der Waals surface area contributed by atoms with Gasteiger partial charge < -0.3 is 30.5 Å². The summed E-state index contributed by atoms with van der Waals surface area (Å²) < 4.78 is 21.7. The minimum absolute atomic E-state index is 0.245. The number of pyridine rings is 1. The summed E-state index contributed by atoms with van der Waals surface area (Å²) >= 11 is 0. The fourth-order valence-electron chi connectivity index (χ4n) is 4.90. The minimum atomic E-state index is -0.926. The predicted molar refractivity (Wildman–Crippen MR) is 137 cm³/mol. The Balaban J connectivity index is 1.10. The molecule has 40 heavy (non-hydrogen) atoms. The highest BCUT2D eigenvalue weighted by molar-refractivity contribution is 5.83. The number of hydrogen-bond acceptors (Lipinski definition) is 13. The second kappa shape index (κ2) is 10.2. The zero-order valence-electron chi connectivity index (χ0n) is 21.7. The van der Waals surface area contributed by atoms with E-state index in [1.807, 2.05) is 12.1 Å². The normalized spacial score (nSPS) is 23.6. The summed E-state index contributed by atoms with van der Waals surface area (Å²) in [5, 5.41) is 22.9. The van der Waals surface area contributed by atoms with Crippen molar-refractivity contribution in [1.29, 1.82) is 0 Å². The van der Waals surface area contributed by atoms with Crippen LogP contribution in [0.1, 0.15) is 37.2 Å². The topological polar surface area (TPSA) is 203 Å². The molecule has 16 heteroatoms. The summed E-state index contributed by atoms with van der Waals surface area (Å²) in [6, 6.07) is 5.37. The van der Waals surface area contributed by atoms with Crippen LogP contribution >= 0.6 is 0 Å². The van der Waals surface area contributed by atoms with Gasteiger partial charge in [0.25, 0.3) is 5.91 Å². The van der Waals surface area contributed by atoms with E-state index in [2.05, 4.69) is 40.7 Å². The molecule has 2 aliphatic heterocycles. The Labute approximate surface area is 227 Å². The molecule has 0 saturated carbocycles. The Kier molecular flexibility index (Phi) is 6.57. The van der Waals surface area contributed by atoms with Gasteiger partial charge in [0, 0.05) is 19.2 Å². The zero-order chi connectivity index (χ0) is 27.9. The van der Waals surface area contributed by atoms with E-state index in [-0.39, 0.29) is 11.7 Å². The number of rotatable bonds is 8. The van der Waals surface area contributed by atoms with Crippen molar-refractivity contribution in [2.24, 2.45) is 5.16 Å². The summed E-state index contributed by atoms with van der Waals surface area (Å²) in [7, 11) is 0. The number of amides is 1. The second-order valence-corrected chi connectivity index (χ2v) is 9.84. The molecule has 0 radical (unpaired) electrons. The molecule has 2 fully saturated rings. The number of oxime groups is 1. The molecule has 0 aromatic carbocycles. The standard InChI is InChI=1S/C24H27N11O5/c1-24(2)39-17-18(38-23(19(17)40-24)35-12-29-16-20(25)27-11-28-21(16)35)22(36)26-7-6-15-10-34(33-32-15)9-14-5-3-4-13(31-14)8-30-37/h3-5,8,10-12,17-19,23,37H,6-7,9H2,1-2H3,(H,26,36)(H2,25,27,28)/t17-,18+,19-,23-/m1/s1. The molecule has 1 amide bonds. The lowest BCUT2D eigenvalue weighted by Crippen LogP contribution is -2.43. The molecule has 4 N–H and O–H groups in total. The zero-order valence-corrected chi connectivity index (χ0v) is 21.7. The van der Waals surface area contributed by atoms with Gasteiger partial charge in [-0.25, -0.2) is 24.6 Å². The summed E-state index contributed by atoms with van der Waals surface area (Å²) in [4.78, 5) is 30.2. The summed E-state index contributed by atoms with van der Waals surface area (Å²) in [6.45, 7) is 4.28.